The Balaban J connectivity index is 1.56. The fourth-order valence-corrected chi connectivity index (χ4v) is 2.56. The third-order valence-corrected chi connectivity index (χ3v) is 3.90. The van der Waals surface area contributed by atoms with Crippen molar-refractivity contribution in [3.05, 3.63) is 23.9 Å². The quantitative estimate of drug-likeness (QED) is 0.874. The zero-order chi connectivity index (χ0) is 13.2. The van der Waals surface area contributed by atoms with Gasteiger partial charge in [-0.05, 0) is 30.9 Å². The maximum absolute atomic E-state index is 12.3. The molecule has 1 aromatic rings. The summed E-state index contributed by atoms with van der Waals surface area (Å²) in [6.07, 6.45) is 4.36. The lowest BCUT2D eigenvalue weighted by atomic mass is 10.2. The fourth-order valence-electron chi connectivity index (χ4n) is 2.56. The lowest BCUT2D eigenvalue weighted by molar-refractivity contribution is 0.0632. The predicted molar refractivity (Wildman–Crippen MR) is 73.7 cm³/mol. The van der Waals surface area contributed by atoms with Crippen LogP contribution in [0.5, 0.6) is 0 Å². The number of piperazine rings is 1. The number of anilines is 1. The minimum absolute atomic E-state index is 0.0696. The van der Waals surface area contributed by atoms with Crippen molar-refractivity contribution in [3.63, 3.8) is 0 Å². The molecule has 1 saturated heterocycles. The summed E-state index contributed by atoms with van der Waals surface area (Å²) in [5, 5.41) is 0. The molecule has 1 aromatic heterocycles. The van der Waals surface area contributed by atoms with Crippen molar-refractivity contribution in [1.29, 1.82) is 0 Å². The second-order valence-electron chi connectivity index (χ2n) is 5.51. The van der Waals surface area contributed by atoms with E-state index in [-0.39, 0.29) is 5.91 Å². The monoisotopic (exact) mass is 260 g/mol. The molecule has 0 unspecified atom stereocenters. The van der Waals surface area contributed by atoms with Crippen LogP contribution in [0.3, 0.4) is 0 Å². The molecule has 0 radical (unpaired) electrons. The summed E-state index contributed by atoms with van der Waals surface area (Å²) in [5.74, 6) is 1.39. The second kappa shape index (κ2) is 5.17. The highest BCUT2D eigenvalue weighted by Crippen LogP contribution is 2.29. The van der Waals surface area contributed by atoms with E-state index in [0.717, 1.165) is 32.1 Å². The van der Waals surface area contributed by atoms with Crippen LogP contribution in [0.4, 0.5) is 5.82 Å². The summed E-state index contributed by atoms with van der Waals surface area (Å²) in [6, 6.07) is 3.38. The van der Waals surface area contributed by atoms with E-state index < -0.39 is 0 Å². The zero-order valence-electron chi connectivity index (χ0n) is 11.1. The normalized spacial score (nSPS) is 20.5. The third-order valence-electron chi connectivity index (χ3n) is 3.90. The highest BCUT2D eigenvalue weighted by Gasteiger charge is 2.27. The van der Waals surface area contributed by atoms with E-state index in [0.29, 0.717) is 11.4 Å². The van der Waals surface area contributed by atoms with Gasteiger partial charge in [0.25, 0.3) is 5.91 Å². The van der Waals surface area contributed by atoms with Crippen molar-refractivity contribution < 1.29 is 4.79 Å². The Hall–Kier alpha value is -1.62. The Kier molecular flexibility index (Phi) is 3.38. The van der Waals surface area contributed by atoms with Gasteiger partial charge in [0.15, 0.2) is 0 Å². The fraction of sp³-hybridized carbons (Fsp3) is 0.571. The van der Waals surface area contributed by atoms with E-state index in [1.54, 1.807) is 18.3 Å². The molecule has 5 heteroatoms. The van der Waals surface area contributed by atoms with Crippen molar-refractivity contribution >= 4 is 11.7 Å². The van der Waals surface area contributed by atoms with Gasteiger partial charge in [-0.1, -0.05) is 0 Å². The third kappa shape index (κ3) is 3.04. The summed E-state index contributed by atoms with van der Waals surface area (Å²) >= 11 is 0. The molecule has 1 aliphatic carbocycles. The summed E-state index contributed by atoms with van der Waals surface area (Å²) in [4.78, 5) is 20.6. The zero-order valence-corrected chi connectivity index (χ0v) is 11.1. The lowest BCUT2D eigenvalue weighted by Gasteiger charge is -2.34. The van der Waals surface area contributed by atoms with E-state index in [1.165, 1.54) is 19.4 Å². The average Bonchev–Trinajstić information content (AvgIpc) is 3.23. The molecule has 102 valence electrons. The smallest absolute Gasteiger partial charge is 0.254 e. The van der Waals surface area contributed by atoms with Gasteiger partial charge in [0.1, 0.15) is 5.82 Å². The second-order valence-corrected chi connectivity index (χ2v) is 5.51. The van der Waals surface area contributed by atoms with Crippen molar-refractivity contribution in [2.45, 2.75) is 12.8 Å². The molecule has 2 aliphatic rings. The predicted octanol–water partition coefficient (Wildman–Crippen LogP) is 0.832. The van der Waals surface area contributed by atoms with Crippen LogP contribution in [0.1, 0.15) is 23.2 Å². The van der Waals surface area contributed by atoms with Crippen LogP contribution in [0, 0.1) is 5.92 Å². The molecule has 2 N–H and O–H groups in total. The summed E-state index contributed by atoms with van der Waals surface area (Å²) in [6.45, 7) is 4.82. The molecule has 19 heavy (non-hydrogen) atoms. The van der Waals surface area contributed by atoms with Gasteiger partial charge < -0.3 is 10.6 Å². The average molecular weight is 260 g/mol. The first-order chi connectivity index (χ1) is 9.22. The van der Waals surface area contributed by atoms with Crippen molar-refractivity contribution in [2.75, 3.05) is 38.5 Å². The van der Waals surface area contributed by atoms with E-state index in [4.69, 9.17) is 5.73 Å². The van der Waals surface area contributed by atoms with Crippen LogP contribution in [-0.4, -0.2) is 53.4 Å². The number of carbonyl (C=O) groups is 1. The molecule has 1 saturated carbocycles. The summed E-state index contributed by atoms with van der Waals surface area (Å²) in [7, 11) is 0. The van der Waals surface area contributed by atoms with Crippen LogP contribution >= 0.6 is 0 Å². The number of rotatable bonds is 3. The van der Waals surface area contributed by atoms with Gasteiger partial charge in [0, 0.05) is 44.5 Å². The highest BCUT2D eigenvalue weighted by molar-refractivity contribution is 5.94. The molecule has 0 spiro atoms. The van der Waals surface area contributed by atoms with Gasteiger partial charge in [-0.3, -0.25) is 9.69 Å². The van der Waals surface area contributed by atoms with Crippen molar-refractivity contribution in [1.82, 2.24) is 14.8 Å². The first-order valence-corrected chi connectivity index (χ1v) is 6.95. The van der Waals surface area contributed by atoms with Gasteiger partial charge in [0.05, 0.1) is 0 Å². The van der Waals surface area contributed by atoms with Crippen LogP contribution in [0.2, 0.25) is 0 Å². The Morgan fingerprint density at radius 1 is 1.32 bits per heavy atom. The van der Waals surface area contributed by atoms with Crippen molar-refractivity contribution in [3.8, 4) is 0 Å². The Morgan fingerprint density at radius 3 is 2.68 bits per heavy atom. The van der Waals surface area contributed by atoms with Crippen LogP contribution in [0.25, 0.3) is 0 Å². The van der Waals surface area contributed by atoms with E-state index >= 15 is 0 Å². The number of pyridine rings is 1. The highest BCUT2D eigenvalue weighted by atomic mass is 16.2. The summed E-state index contributed by atoms with van der Waals surface area (Å²) in [5.41, 5.74) is 6.26. The van der Waals surface area contributed by atoms with E-state index in [2.05, 4.69) is 9.88 Å². The minimum atomic E-state index is 0.0696. The number of nitrogens with two attached hydrogens (primary N) is 1. The maximum Gasteiger partial charge on any atom is 0.254 e. The number of hydrogen-bond donors (Lipinski definition) is 1. The van der Waals surface area contributed by atoms with Gasteiger partial charge in [-0.25, -0.2) is 4.98 Å². The van der Waals surface area contributed by atoms with Crippen molar-refractivity contribution in [2.24, 2.45) is 5.92 Å². The molecule has 2 fully saturated rings. The van der Waals surface area contributed by atoms with Crippen LogP contribution < -0.4 is 5.73 Å². The Bertz CT molecular complexity index is 464. The topological polar surface area (TPSA) is 62.5 Å². The van der Waals surface area contributed by atoms with Gasteiger partial charge in [-0.2, -0.15) is 0 Å². The largest absolute Gasteiger partial charge is 0.384 e. The molecular formula is C14H20N4O. The molecule has 3 rings (SSSR count). The number of hydrogen-bond acceptors (Lipinski definition) is 4. The van der Waals surface area contributed by atoms with E-state index in [1.807, 2.05) is 4.90 Å². The van der Waals surface area contributed by atoms with Gasteiger partial charge in [-0.15, -0.1) is 0 Å². The number of aromatic nitrogens is 1. The number of carbonyl (C=O) groups excluding carboxylic acids is 1. The first-order valence-electron chi connectivity index (χ1n) is 6.95. The standard InChI is InChI=1S/C14H20N4O/c15-13-9-12(3-4-16-13)14(19)18-7-5-17(6-8-18)10-11-1-2-11/h3-4,9,11H,1-2,5-8,10H2,(H2,15,16). The molecule has 1 amide bonds. The Morgan fingerprint density at radius 2 is 2.05 bits per heavy atom. The molecule has 2 heterocycles. The molecule has 1 aliphatic heterocycles. The lowest BCUT2D eigenvalue weighted by Crippen LogP contribution is -2.49. The number of amides is 1. The molecule has 0 aromatic carbocycles. The van der Waals surface area contributed by atoms with Gasteiger partial charge in [0.2, 0.25) is 0 Å². The molecular weight excluding hydrogens is 240 g/mol. The molecule has 0 atom stereocenters. The summed E-state index contributed by atoms with van der Waals surface area (Å²) < 4.78 is 0. The molecule has 0 bridgehead atoms. The Labute approximate surface area is 113 Å². The first kappa shape index (κ1) is 12.4. The number of nitrogens with zero attached hydrogens (tertiary/aromatic N) is 3. The van der Waals surface area contributed by atoms with Crippen LogP contribution in [0.15, 0.2) is 18.3 Å². The maximum atomic E-state index is 12.3. The number of nitrogen functional groups attached to an aromatic ring is 1. The van der Waals surface area contributed by atoms with Gasteiger partial charge >= 0.3 is 0 Å². The van der Waals surface area contributed by atoms with E-state index in [9.17, 15) is 4.79 Å². The minimum Gasteiger partial charge on any atom is -0.384 e. The SMILES string of the molecule is Nc1cc(C(=O)N2CCN(CC3CC3)CC2)ccn1. The molecule has 5 nitrogen and oxygen atoms in total. The van der Waals surface area contributed by atoms with Crippen LogP contribution in [-0.2, 0) is 0 Å².